The lowest BCUT2D eigenvalue weighted by Crippen LogP contribution is -2.26. The quantitative estimate of drug-likeness (QED) is 0.242. The summed E-state index contributed by atoms with van der Waals surface area (Å²) >= 11 is 0. The number of terminal acetylenes is 2. The molecule has 1 aliphatic rings. The minimum atomic E-state index is 0.0445. The first-order valence-corrected chi connectivity index (χ1v) is 12.4. The highest BCUT2D eigenvalue weighted by Crippen LogP contribution is 2.54. The summed E-state index contributed by atoms with van der Waals surface area (Å²) < 4.78 is 0. The van der Waals surface area contributed by atoms with E-state index in [4.69, 9.17) is 12.8 Å². The predicted molar refractivity (Wildman–Crippen MR) is 135 cm³/mol. The normalized spacial score (nSPS) is 13.3. The van der Waals surface area contributed by atoms with Gasteiger partial charge >= 0.3 is 0 Å². The third-order valence-electron chi connectivity index (χ3n) is 7.11. The molecule has 0 fully saturated rings. The number of fused-ring (bicyclic) bond motifs is 3. The maximum Gasteiger partial charge on any atom is 0.0246 e. The Labute approximate surface area is 190 Å². The van der Waals surface area contributed by atoms with Crippen molar-refractivity contribution < 1.29 is 0 Å². The Morgan fingerprint density at radius 3 is 1.42 bits per heavy atom. The number of rotatable bonds is 12. The molecule has 2 aromatic rings. The molecule has 0 nitrogen and oxygen atoms in total. The SMILES string of the molecule is C#Cc1ccc2c(c1)C(CCCCCCC)(CCCCCCC)c1cc(C#C)ccc1-2. The summed E-state index contributed by atoms with van der Waals surface area (Å²) in [5.41, 5.74) is 7.63. The van der Waals surface area contributed by atoms with Crippen LogP contribution in [0, 0.1) is 24.7 Å². The van der Waals surface area contributed by atoms with Crippen molar-refractivity contribution >= 4 is 0 Å². The third kappa shape index (κ3) is 5.08. The number of hydrogen-bond donors (Lipinski definition) is 0. The first kappa shape index (κ1) is 23.2. The van der Waals surface area contributed by atoms with E-state index in [1.165, 1.54) is 99.3 Å². The van der Waals surface area contributed by atoms with Crippen LogP contribution in [0.2, 0.25) is 0 Å². The van der Waals surface area contributed by atoms with Gasteiger partial charge in [0.1, 0.15) is 0 Å². The lowest BCUT2D eigenvalue weighted by molar-refractivity contribution is 0.399. The van der Waals surface area contributed by atoms with Crippen LogP contribution in [0.5, 0.6) is 0 Å². The fourth-order valence-electron chi connectivity index (χ4n) is 5.40. The smallest absolute Gasteiger partial charge is 0.0246 e. The lowest BCUT2D eigenvalue weighted by Gasteiger charge is -2.33. The second-order valence-corrected chi connectivity index (χ2v) is 9.22. The molecule has 3 rings (SSSR count). The van der Waals surface area contributed by atoms with E-state index in [2.05, 4.69) is 62.1 Å². The van der Waals surface area contributed by atoms with E-state index in [1.807, 2.05) is 0 Å². The van der Waals surface area contributed by atoms with Crippen molar-refractivity contribution in [2.75, 3.05) is 0 Å². The standard InChI is InChI=1S/C31H38/c1-5-9-11-13-15-21-31(22-16-14-12-10-6-2)29-23-25(7-3)17-19-27(29)28-20-18-26(8-4)24-30(28)31/h3-4,17-20,23-24H,5-6,9-16,21-22H2,1-2H3. The number of hydrogen-bond acceptors (Lipinski definition) is 0. The molecule has 162 valence electrons. The summed E-state index contributed by atoms with van der Waals surface area (Å²) in [6, 6.07) is 13.3. The van der Waals surface area contributed by atoms with E-state index in [-0.39, 0.29) is 5.41 Å². The van der Waals surface area contributed by atoms with Gasteiger partial charge in [0.05, 0.1) is 0 Å². The molecule has 0 bridgehead atoms. The van der Waals surface area contributed by atoms with E-state index in [0.29, 0.717) is 0 Å². The van der Waals surface area contributed by atoms with Crippen LogP contribution in [0.15, 0.2) is 36.4 Å². The van der Waals surface area contributed by atoms with Crippen molar-refractivity contribution in [3.63, 3.8) is 0 Å². The average molecular weight is 411 g/mol. The highest BCUT2D eigenvalue weighted by molar-refractivity contribution is 5.82. The van der Waals surface area contributed by atoms with E-state index >= 15 is 0 Å². The van der Waals surface area contributed by atoms with E-state index in [9.17, 15) is 0 Å². The topological polar surface area (TPSA) is 0 Å². The van der Waals surface area contributed by atoms with Gasteiger partial charge in [-0.05, 0) is 59.4 Å². The summed E-state index contributed by atoms with van der Waals surface area (Å²) in [5.74, 6) is 5.76. The first-order valence-electron chi connectivity index (χ1n) is 12.4. The van der Waals surface area contributed by atoms with Crippen LogP contribution in [0.25, 0.3) is 11.1 Å². The van der Waals surface area contributed by atoms with Gasteiger partial charge in [0, 0.05) is 16.5 Å². The van der Waals surface area contributed by atoms with Gasteiger partial charge in [-0.25, -0.2) is 0 Å². The van der Waals surface area contributed by atoms with Crippen LogP contribution in [0.4, 0.5) is 0 Å². The first-order chi connectivity index (χ1) is 15.2. The Kier molecular flexibility index (Phi) is 8.43. The van der Waals surface area contributed by atoms with Crippen LogP contribution in [0.3, 0.4) is 0 Å². The Morgan fingerprint density at radius 1 is 0.613 bits per heavy atom. The van der Waals surface area contributed by atoms with Crippen molar-refractivity contribution in [3.8, 4) is 35.8 Å². The highest BCUT2D eigenvalue weighted by atomic mass is 14.4. The molecule has 0 atom stereocenters. The second kappa shape index (κ2) is 11.3. The molecule has 0 heteroatoms. The van der Waals surface area contributed by atoms with E-state index < -0.39 is 0 Å². The molecule has 0 aliphatic heterocycles. The molecule has 0 N–H and O–H groups in total. The van der Waals surface area contributed by atoms with Gasteiger partial charge in [0.15, 0.2) is 0 Å². The summed E-state index contributed by atoms with van der Waals surface area (Å²) in [6.45, 7) is 4.56. The van der Waals surface area contributed by atoms with Crippen LogP contribution in [0.1, 0.15) is 113 Å². The second-order valence-electron chi connectivity index (χ2n) is 9.22. The Hall–Kier alpha value is -2.44. The highest BCUT2D eigenvalue weighted by Gasteiger charge is 2.42. The van der Waals surface area contributed by atoms with Gasteiger partial charge in [-0.15, -0.1) is 12.8 Å². The molecule has 1 aliphatic carbocycles. The van der Waals surface area contributed by atoms with E-state index in [0.717, 1.165) is 11.1 Å². The molecule has 0 radical (unpaired) electrons. The zero-order valence-corrected chi connectivity index (χ0v) is 19.6. The van der Waals surface area contributed by atoms with Gasteiger partial charge in [0.25, 0.3) is 0 Å². The summed E-state index contributed by atoms with van der Waals surface area (Å²) in [6.07, 6.45) is 27.0. The van der Waals surface area contributed by atoms with Crippen LogP contribution < -0.4 is 0 Å². The maximum absolute atomic E-state index is 5.82. The Morgan fingerprint density at radius 2 is 1.03 bits per heavy atom. The zero-order valence-electron chi connectivity index (χ0n) is 19.6. The van der Waals surface area contributed by atoms with Crippen molar-refractivity contribution in [2.45, 2.75) is 96.3 Å². The lowest BCUT2D eigenvalue weighted by atomic mass is 9.70. The van der Waals surface area contributed by atoms with Gasteiger partial charge in [-0.2, -0.15) is 0 Å². The van der Waals surface area contributed by atoms with Crippen molar-refractivity contribution in [2.24, 2.45) is 0 Å². The predicted octanol–water partition coefficient (Wildman–Crippen LogP) is 8.64. The third-order valence-corrected chi connectivity index (χ3v) is 7.11. The Balaban J connectivity index is 2.01. The summed E-state index contributed by atoms with van der Waals surface area (Å²) in [4.78, 5) is 0. The molecule has 0 saturated heterocycles. The molecular weight excluding hydrogens is 372 g/mol. The van der Waals surface area contributed by atoms with Gasteiger partial charge < -0.3 is 0 Å². The van der Waals surface area contributed by atoms with Gasteiger partial charge in [-0.1, -0.05) is 102 Å². The molecule has 0 spiro atoms. The molecule has 31 heavy (non-hydrogen) atoms. The van der Waals surface area contributed by atoms with Crippen LogP contribution in [-0.2, 0) is 5.41 Å². The van der Waals surface area contributed by atoms with Crippen molar-refractivity contribution in [1.29, 1.82) is 0 Å². The molecule has 2 aromatic carbocycles. The fraction of sp³-hybridized carbons (Fsp3) is 0.484. The largest absolute Gasteiger partial charge is 0.115 e. The van der Waals surface area contributed by atoms with Crippen LogP contribution >= 0.6 is 0 Å². The summed E-state index contributed by atoms with van der Waals surface area (Å²) in [7, 11) is 0. The van der Waals surface area contributed by atoms with Crippen molar-refractivity contribution in [1.82, 2.24) is 0 Å². The molecule has 0 heterocycles. The minimum absolute atomic E-state index is 0.0445. The number of benzene rings is 2. The van der Waals surface area contributed by atoms with Crippen LogP contribution in [-0.4, -0.2) is 0 Å². The maximum atomic E-state index is 5.82. The van der Waals surface area contributed by atoms with Crippen molar-refractivity contribution in [3.05, 3.63) is 58.7 Å². The molecular formula is C31H38. The van der Waals surface area contributed by atoms with Gasteiger partial charge in [-0.3, -0.25) is 0 Å². The summed E-state index contributed by atoms with van der Waals surface area (Å²) in [5, 5.41) is 0. The Bertz CT molecular complexity index is 867. The average Bonchev–Trinajstić information content (AvgIpc) is 3.07. The monoisotopic (exact) mass is 410 g/mol. The van der Waals surface area contributed by atoms with E-state index in [1.54, 1.807) is 0 Å². The minimum Gasteiger partial charge on any atom is -0.115 e. The van der Waals surface area contributed by atoms with Gasteiger partial charge in [0.2, 0.25) is 0 Å². The number of unbranched alkanes of at least 4 members (excludes halogenated alkanes) is 8. The fourth-order valence-corrected chi connectivity index (χ4v) is 5.40. The zero-order chi connectivity index (χ0) is 22.1. The molecule has 0 aromatic heterocycles. The molecule has 0 amide bonds. The molecule has 0 unspecified atom stereocenters. The molecule has 0 saturated carbocycles.